The lowest BCUT2D eigenvalue weighted by Gasteiger charge is -2.25. The Morgan fingerprint density at radius 3 is 2.15 bits per heavy atom. The summed E-state index contributed by atoms with van der Waals surface area (Å²) in [6, 6.07) is 14.3. The van der Waals surface area contributed by atoms with Crippen LogP contribution in [0.1, 0.15) is 44.7 Å². The van der Waals surface area contributed by atoms with Crippen LogP contribution in [0, 0.1) is 0 Å². The standard InChI is InChI=1S/C31H41N3O7/c1-7-19-34(21-23-13-15-24(39-5)16-14-23)27(35)18-17-25(29(37)40-6)32-28(36)26(20-22-11-9-8-10-12-22)33-30(38)41-31(2,3)4/h7-16,25-26H,1,17-21H2,2-6H3,(H,32,36)(H,33,38)/t25-,26+/m0/s1. The van der Waals surface area contributed by atoms with Crippen molar-refractivity contribution < 1.29 is 33.4 Å². The van der Waals surface area contributed by atoms with Crippen molar-refractivity contribution in [2.45, 2.75) is 64.3 Å². The molecule has 41 heavy (non-hydrogen) atoms. The fourth-order valence-corrected chi connectivity index (χ4v) is 3.96. The third-order valence-corrected chi connectivity index (χ3v) is 5.97. The average Bonchev–Trinajstić information content (AvgIpc) is 2.93. The quantitative estimate of drug-likeness (QED) is 0.263. The van der Waals surface area contributed by atoms with Crippen LogP contribution in [0.2, 0.25) is 0 Å². The molecule has 10 heteroatoms. The number of carbonyl (C=O) groups excluding carboxylic acids is 4. The van der Waals surface area contributed by atoms with Crippen molar-refractivity contribution in [1.82, 2.24) is 15.5 Å². The van der Waals surface area contributed by atoms with Gasteiger partial charge in [-0.25, -0.2) is 9.59 Å². The predicted octanol–water partition coefficient (Wildman–Crippen LogP) is 3.78. The van der Waals surface area contributed by atoms with Gasteiger partial charge in [0.15, 0.2) is 0 Å². The van der Waals surface area contributed by atoms with Gasteiger partial charge in [-0.3, -0.25) is 9.59 Å². The Bertz CT molecular complexity index is 1160. The number of nitrogens with zero attached hydrogens (tertiary/aromatic N) is 1. The van der Waals surface area contributed by atoms with E-state index in [9.17, 15) is 19.2 Å². The first-order chi connectivity index (χ1) is 19.4. The molecule has 3 amide bonds. The van der Waals surface area contributed by atoms with E-state index >= 15 is 0 Å². The second-order valence-electron chi connectivity index (χ2n) is 10.4. The van der Waals surface area contributed by atoms with Gasteiger partial charge >= 0.3 is 12.1 Å². The van der Waals surface area contributed by atoms with E-state index in [2.05, 4.69) is 17.2 Å². The van der Waals surface area contributed by atoms with Crippen LogP contribution in [-0.2, 0) is 36.8 Å². The molecule has 0 aliphatic heterocycles. The summed E-state index contributed by atoms with van der Waals surface area (Å²) < 4.78 is 15.4. The maximum absolute atomic E-state index is 13.3. The molecule has 0 bridgehead atoms. The lowest BCUT2D eigenvalue weighted by atomic mass is 10.0. The smallest absolute Gasteiger partial charge is 0.408 e. The molecule has 2 aromatic carbocycles. The highest BCUT2D eigenvalue weighted by molar-refractivity contribution is 5.90. The number of nitrogens with one attached hydrogen (secondary N) is 2. The molecule has 0 aliphatic carbocycles. The Morgan fingerprint density at radius 2 is 1.59 bits per heavy atom. The van der Waals surface area contributed by atoms with E-state index in [0.717, 1.165) is 11.1 Å². The molecule has 0 saturated carbocycles. The Morgan fingerprint density at radius 1 is 0.927 bits per heavy atom. The van der Waals surface area contributed by atoms with Gasteiger partial charge in [0.2, 0.25) is 11.8 Å². The van der Waals surface area contributed by atoms with Crippen LogP contribution in [0.5, 0.6) is 5.75 Å². The molecule has 2 aromatic rings. The second kappa shape index (κ2) is 16.1. The van der Waals surface area contributed by atoms with Crippen LogP contribution in [0.15, 0.2) is 67.3 Å². The number of esters is 1. The minimum absolute atomic E-state index is 0.00199. The summed E-state index contributed by atoms with van der Waals surface area (Å²) in [7, 11) is 2.79. The number of hydrogen-bond donors (Lipinski definition) is 2. The van der Waals surface area contributed by atoms with Crippen molar-refractivity contribution in [3.8, 4) is 5.75 Å². The van der Waals surface area contributed by atoms with E-state index in [1.54, 1.807) is 38.9 Å². The highest BCUT2D eigenvalue weighted by Crippen LogP contribution is 2.15. The molecule has 0 aromatic heterocycles. The van der Waals surface area contributed by atoms with Crippen LogP contribution in [0.4, 0.5) is 4.79 Å². The molecule has 0 heterocycles. The van der Waals surface area contributed by atoms with Crippen molar-refractivity contribution in [2.75, 3.05) is 20.8 Å². The topological polar surface area (TPSA) is 123 Å². The molecule has 0 unspecified atom stereocenters. The number of carbonyl (C=O) groups is 4. The lowest BCUT2D eigenvalue weighted by Crippen LogP contribution is -2.53. The van der Waals surface area contributed by atoms with Gasteiger partial charge < -0.3 is 29.7 Å². The number of ether oxygens (including phenoxy) is 3. The number of methoxy groups -OCH3 is 2. The monoisotopic (exact) mass is 567 g/mol. The SMILES string of the molecule is C=CCN(Cc1ccc(OC)cc1)C(=O)CC[C@H](NC(=O)[C@@H](Cc1ccccc1)NC(=O)OC(C)(C)C)C(=O)OC. The minimum atomic E-state index is -1.11. The zero-order valence-corrected chi connectivity index (χ0v) is 24.5. The largest absolute Gasteiger partial charge is 0.497 e. The molecule has 2 rings (SSSR count). The third kappa shape index (κ3) is 11.7. The van der Waals surface area contributed by atoms with Crippen molar-refractivity contribution in [3.63, 3.8) is 0 Å². The highest BCUT2D eigenvalue weighted by atomic mass is 16.6. The first-order valence-electron chi connectivity index (χ1n) is 13.4. The van der Waals surface area contributed by atoms with Crippen molar-refractivity contribution in [1.29, 1.82) is 0 Å². The van der Waals surface area contributed by atoms with Gasteiger partial charge in [0.1, 0.15) is 23.4 Å². The summed E-state index contributed by atoms with van der Waals surface area (Å²) in [4.78, 5) is 53.2. The van der Waals surface area contributed by atoms with Crippen LogP contribution in [-0.4, -0.2) is 67.2 Å². The summed E-state index contributed by atoms with van der Waals surface area (Å²) >= 11 is 0. The fraction of sp³-hybridized carbons (Fsp3) is 0.419. The van der Waals surface area contributed by atoms with Crippen LogP contribution in [0.3, 0.4) is 0 Å². The Hall–Kier alpha value is -4.34. The zero-order valence-electron chi connectivity index (χ0n) is 24.5. The Labute approximate surface area is 242 Å². The van der Waals surface area contributed by atoms with Crippen molar-refractivity contribution >= 4 is 23.9 Å². The molecule has 0 aliphatic rings. The number of benzene rings is 2. The van der Waals surface area contributed by atoms with Gasteiger partial charge in [-0.2, -0.15) is 0 Å². The number of amides is 3. The molecule has 0 fully saturated rings. The van der Waals surface area contributed by atoms with Gasteiger partial charge in [0, 0.05) is 25.9 Å². The average molecular weight is 568 g/mol. The summed E-state index contributed by atoms with van der Waals surface area (Å²) in [5, 5.41) is 5.26. The highest BCUT2D eigenvalue weighted by Gasteiger charge is 2.30. The summed E-state index contributed by atoms with van der Waals surface area (Å²) in [6.07, 6.45) is 0.979. The summed E-state index contributed by atoms with van der Waals surface area (Å²) in [5.41, 5.74) is 0.929. The molecule has 0 spiro atoms. The fourth-order valence-electron chi connectivity index (χ4n) is 3.96. The van der Waals surface area contributed by atoms with E-state index in [-0.39, 0.29) is 25.2 Å². The molecular weight excluding hydrogens is 526 g/mol. The molecular formula is C31H41N3O7. The zero-order chi connectivity index (χ0) is 30.4. The normalized spacial score (nSPS) is 12.3. The Kier molecular flexibility index (Phi) is 12.9. The van der Waals surface area contributed by atoms with Gasteiger partial charge in [-0.1, -0.05) is 48.5 Å². The molecule has 2 N–H and O–H groups in total. The number of alkyl carbamates (subject to hydrolysis) is 1. The van der Waals surface area contributed by atoms with E-state index < -0.39 is 35.7 Å². The molecule has 10 nitrogen and oxygen atoms in total. The molecule has 0 saturated heterocycles. The van der Waals surface area contributed by atoms with Crippen LogP contribution < -0.4 is 15.4 Å². The van der Waals surface area contributed by atoms with Gasteiger partial charge in [0.05, 0.1) is 14.2 Å². The molecule has 222 valence electrons. The van der Waals surface area contributed by atoms with Gasteiger partial charge in [-0.15, -0.1) is 6.58 Å². The van der Waals surface area contributed by atoms with Crippen LogP contribution >= 0.6 is 0 Å². The van der Waals surface area contributed by atoms with E-state index in [4.69, 9.17) is 14.2 Å². The van der Waals surface area contributed by atoms with Crippen LogP contribution in [0.25, 0.3) is 0 Å². The maximum Gasteiger partial charge on any atom is 0.408 e. The van der Waals surface area contributed by atoms with Crippen molar-refractivity contribution in [3.05, 3.63) is 78.4 Å². The molecule has 0 radical (unpaired) electrons. The first kappa shape index (κ1) is 32.9. The van der Waals surface area contributed by atoms with Crippen molar-refractivity contribution in [2.24, 2.45) is 0 Å². The summed E-state index contributed by atoms with van der Waals surface area (Å²) in [6.45, 7) is 9.53. The van der Waals surface area contributed by atoms with E-state index in [0.29, 0.717) is 18.8 Å². The third-order valence-electron chi connectivity index (χ3n) is 5.97. The minimum Gasteiger partial charge on any atom is -0.497 e. The predicted molar refractivity (Wildman–Crippen MR) is 155 cm³/mol. The molecule has 2 atom stereocenters. The Balaban J connectivity index is 2.13. The van der Waals surface area contributed by atoms with Gasteiger partial charge in [0.25, 0.3) is 0 Å². The first-order valence-corrected chi connectivity index (χ1v) is 13.4. The lowest BCUT2D eigenvalue weighted by molar-refractivity contribution is -0.145. The summed E-state index contributed by atoms with van der Waals surface area (Å²) in [5.74, 6) is -0.827. The second-order valence-corrected chi connectivity index (χ2v) is 10.4. The number of hydrogen-bond acceptors (Lipinski definition) is 7. The maximum atomic E-state index is 13.3. The van der Waals surface area contributed by atoms with Gasteiger partial charge in [-0.05, 0) is 50.5 Å². The number of rotatable bonds is 14. The van der Waals surface area contributed by atoms with E-state index in [1.807, 2.05) is 54.6 Å². The van der Waals surface area contributed by atoms with E-state index in [1.165, 1.54) is 7.11 Å².